The quantitative estimate of drug-likeness (QED) is 0.711. The number of allylic oxidation sites excluding steroid dienone is 1. The van der Waals surface area contributed by atoms with Gasteiger partial charge in [-0.3, -0.25) is 0 Å². The lowest BCUT2D eigenvalue weighted by atomic mass is 10.1. The highest BCUT2D eigenvalue weighted by atomic mass is 16.6. The second-order valence-electron chi connectivity index (χ2n) is 4.87. The summed E-state index contributed by atoms with van der Waals surface area (Å²) in [6.07, 6.45) is 1.97. The van der Waals surface area contributed by atoms with Crippen molar-refractivity contribution in [3.63, 3.8) is 0 Å². The minimum Gasteiger partial charge on any atom is -0.444 e. The Labute approximate surface area is 97.7 Å². The molecule has 0 heterocycles. The van der Waals surface area contributed by atoms with Gasteiger partial charge in [-0.15, -0.1) is 6.58 Å². The van der Waals surface area contributed by atoms with Gasteiger partial charge in [-0.1, -0.05) is 6.08 Å². The molecule has 0 radical (unpaired) electrons. The minimum atomic E-state index is -0.578. The van der Waals surface area contributed by atoms with E-state index >= 15 is 0 Å². The van der Waals surface area contributed by atoms with Gasteiger partial charge >= 0.3 is 6.09 Å². The zero-order chi connectivity index (χ0) is 12.8. The molecule has 4 nitrogen and oxygen atoms in total. The van der Waals surface area contributed by atoms with E-state index in [1.54, 1.807) is 33.8 Å². The van der Waals surface area contributed by atoms with Crippen molar-refractivity contribution in [2.24, 2.45) is 0 Å². The van der Waals surface area contributed by atoms with Crippen molar-refractivity contribution in [3.8, 4) is 0 Å². The molecule has 4 heteroatoms. The Morgan fingerprint density at radius 1 is 1.56 bits per heavy atom. The van der Waals surface area contributed by atoms with Crippen LogP contribution >= 0.6 is 0 Å². The summed E-state index contributed by atoms with van der Waals surface area (Å²) in [5.41, 5.74) is -0.518. The zero-order valence-corrected chi connectivity index (χ0v) is 10.6. The van der Waals surface area contributed by atoms with E-state index < -0.39 is 17.8 Å². The molecule has 0 aromatic heterocycles. The van der Waals surface area contributed by atoms with Crippen molar-refractivity contribution in [2.45, 2.75) is 58.3 Å². The van der Waals surface area contributed by atoms with E-state index in [1.165, 1.54) is 0 Å². The Morgan fingerprint density at radius 3 is 2.56 bits per heavy atom. The zero-order valence-electron chi connectivity index (χ0n) is 10.6. The summed E-state index contributed by atoms with van der Waals surface area (Å²) in [7, 11) is 0. The van der Waals surface area contributed by atoms with Crippen molar-refractivity contribution >= 4 is 6.09 Å². The number of rotatable bonds is 5. The van der Waals surface area contributed by atoms with Crippen LogP contribution < -0.4 is 5.32 Å². The van der Waals surface area contributed by atoms with Crippen LogP contribution in [0.15, 0.2) is 12.7 Å². The third-order valence-corrected chi connectivity index (χ3v) is 1.99. The molecular weight excluding hydrogens is 206 g/mol. The van der Waals surface area contributed by atoms with E-state index in [4.69, 9.17) is 4.74 Å². The van der Waals surface area contributed by atoms with Gasteiger partial charge in [0.2, 0.25) is 0 Å². The van der Waals surface area contributed by atoms with E-state index in [-0.39, 0.29) is 6.04 Å². The van der Waals surface area contributed by atoms with Crippen molar-refractivity contribution < 1.29 is 14.6 Å². The number of carbonyl (C=O) groups is 1. The summed E-state index contributed by atoms with van der Waals surface area (Å²) in [6, 6.07) is -0.324. The van der Waals surface area contributed by atoms with Crippen LogP contribution in [-0.4, -0.2) is 28.9 Å². The van der Waals surface area contributed by atoms with Crippen LogP contribution in [0.4, 0.5) is 4.79 Å². The molecule has 0 saturated carbocycles. The van der Waals surface area contributed by atoms with E-state index in [9.17, 15) is 9.90 Å². The first-order valence-corrected chi connectivity index (χ1v) is 5.54. The van der Waals surface area contributed by atoms with E-state index in [0.29, 0.717) is 6.42 Å². The average Bonchev–Trinajstić information content (AvgIpc) is 2.10. The average molecular weight is 229 g/mol. The van der Waals surface area contributed by atoms with Crippen molar-refractivity contribution in [3.05, 3.63) is 12.7 Å². The molecule has 0 aliphatic heterocycles. The first-order valence-electron chi connectivity index (χ1n) is 5.54. The molecule has 0 spiro atoms. The SMILES string of the molecule is C=CCC[C@H](O)[C@H](C)NC(=O)OC(C)(C)C. The lowest BCUT2D eigenvalue weighted by Gasteiger charge is -2.24. The second kappa shape index (κ2) is 6.53. The largest absolute Gasteiger partial charge is 0.444 e. The highest BCUT2D eigenvalue weighted by Crippen LogP contribution is 2.08. The number of alkyl carbamates (subject to hydrolysis) is 1. The van der Waals surface area contributed by atoms with Gasteiger partial charge in [0, 0.05) is 0 Å². The van der Waals surface area contributed by atoms with Crippen molar-refractivity contribution in [2.75, 3.05) is 0 Å². The summed E-state index contributed by atoms with van der Waals surface area (Å²) in [5, 5.41) is 12.3. The molecule has 0 saturated heterocycles. The Hall–Kier alpha value is -1.03. The van der Waals surface area contributed by atoms with Crippen molar-refractivity contribution in [1.82, 2.24) is 5.32 Å². The summed E-state index contributed by atoms with van der Waals surface area (Å²) in [6.45, 7) is 10.7. The van der Waals surface area contributed by atoms with Gasteiger partial charge in [0.15, 0.2) is 0 Å². The molecule has 16 heavy (non-hydrogen) atoms. The van der Waals surface area contributed by atoms with Crippen LogP contribution in [-0.2, 0) is 4.74 Å². The lowest BCUT2D eigenvalue weighted by molar-refractivity contribution is 0.0430. The number of amides is 1. The van der Waals surface area contributed by atoms with Crippen LogP contribution in [0.2, 0.25) is 0 Å². The predicted molar refractivity (Wildman–Crippen MR) is 64.3 cm³/mol. The summed E-state index contributed by atoms with van der Waals surface area (Å²) < 4.78 is 5.08. The number of ether oxygens (including phenoxy) is 1. The number of hydrogen-bond donors (Lipinski definition) is 2. The van der Waals surface area contributed by atoms with Crippen LogP contribution in [0.25, 0.3) is 0 Å². The van der Waals surface area contributed by atoms with Gasteiger partial charge < -0.3 is 15.2 Å². The first kappa shape index (κ1) is 15.0. The highest BCUT2D eigenvalue weighted by molar-refractivity contribution is 5.68. The Balaban J connectivity index is 3.98. The normalized spacial score (nSPS) is 15.1. The fourth-order valence-corrected chi connectivity index (χ4v) is 1.13. The van der Waals surface area contributed by atoms with Crippen LogP contribution in [0.3, 0.4) is 0 Å². The highest BCUT2D eigenvalue weighted by Gasteiger charge is 2.20. The standard InChI is InChI=1S/C12H23NO3/c1-6-7-8-10(14)9(2)13-11(15)16-12(3,4)5/h6,9-10,14H,1,7-8H2,2-5H3,(H,13,15)/t9-,10-/m0/s1. The second-order valence-corrected chi connectivity index (χ2v) is 4.87. The third-order valence-electron chi connectivity index (χ3n) is 1.99. The van der Waals surface area contributed by atoms with Gasteiger partial charge in [0.1, 0.15) is 5.60 Å². The molecule has 0 aliphatic carbocycles. The summed E-state index contributed by atoms with van der Waals surface area (Å²) in [4.78, 5) is 11.4. The van der Waals surface area contributed by atoms with Crippen LogP contribution in [0.5, 0.6) is 0 Å². The lowest BCUT2D eigenvalue weighted by Crippen LogP contribution is -2.43. The van der Waals surface area contributed by atoms with E-state index in [0.717, 1.165) is 6.42 Å². The fraction of sp³-hybridized carbons (Fsp3) is 0.750. The maximum absolute atomic E-state index is 11.4. The maximum Gasteiger partial charge on any atom is 0.407 e. The Morgan fingerprint density at radius 2 is 2.12 bits per heavy atom. The predicted octanol–water partition coefficient (Wildman–Crippen LogP) is 2.23. The molecule has 0 bridgehead atoms. The number of nitrogens with one attached hydrogen (secondary N) is 1. The number of carbonyl (C=O) groups excluding carboxylic acids is 1. The number of hydrogen-bond acceptors (Lipinski definition) is 3. The van der Waals surface area contributed by atoms with E-state index in [1.807, 2.05) is 0 Å². The van der Waals surface area contributed by atoms with Gasteiger partial charge in [0.05, 0.1) is 12.1 Å². The molecule has 0 aromatic rings. The van der Waals surface area contributed by atoms with Gasteiger partial charge in [-0.2, -0.15) is 0 Å². The molecule has 0 rings (SSSR count). The summed E-state index contributed by atoms with van der Waals surface area (Å²) >= 11 is 0. The molecule has 0 unspecified atom stereocenters. The Kier molecular flexibility index (Phi) is 6.11. The fourth-order valence-electron chi connectivity index (χ4n) is 1.13. The number of aliphatic hydroxyl groups excluding tert-OH is 1. The monoisotopic (exact) mass is 229 g/mol. The van der Waals surface area contributed by atoms with Gasteiger partial charge in [-0.25, -0.2) is 4.79 Å². The molecule has 94 valence electrons. The number of aliphatic hydroxyl groups is 1. The molecule has 0 fully saturated rings. The van der Waals surface area contributed by atoms with Crippen LogP contribution in [0, 0.1) is 0 Å². The topological polar surface area (TPSA) is 58.6 Å². The summed E-state index contributed by atoms with van der Waals surface area (Å²) in [5.74, 6) is 0. The molecule has 1 amide bonds. The molecule has 0 aliphatic rings. The maximum atomic E-state index is 11.4. The van der Waals surface area contributed by atoms with Gasteiger partial charge in [-0.05, 0) is 40.5 Å². The van der Waals surface area contributed by atoms with Crippen molar-refractivity contribution in [1.29, 1.82) is 0 Å². The van der Waals surface area contributed by atoms with E-state index in [2.05, 4.69) is 11.9 Å². The first-order chi connectivity index (χ1) is 7.26. The smallest absolute Gasteiger partial charge is 0.407 e. The molecule has 2 N–H and O–H groups in total. The third kappa shape index (κ3) is 7.29. The molecule has 2 atom stereocenters. The van der Waals surface area contributed by atoms with Gasteiger partial charge in [0.25, 0.3) is 0 Å². The van der Waals surface area contributed by atoms with Crippen LogP contribution in [0.1, 0.15) is 40.5 Å². The minimum absolute atomic E-state index is 0.324. The molecule has 0 aromatic carbocycles. The Bertz CT molecular complexity index is 233. The molecular formula is C12H23NO3.